The van der Waals surface area contributed by atoms with Crippen LogP contribution in [0.2, 0.25) is 0 Å². The van der Waals surface area contributed by atoms with E-state index < -0.39 is 0 Å². The van der Waals surface area contributed by atoms with E-state index in [0.29, 0.717) is 35.9 Å². The summed E-state index contributed by atoms with van der Waals surface area (Å²) in [5.41, 5.74) is 1.94. The summed E-state index contributed by atoms with van der Waals surface area (Å²) < 4.78 is 18.9. The topological polar surface area (TPSA) is 70.7 Å². The minimum Gasteiger partial charge on any atom is -0.379 e. The fraction of sp³-hybridized carbons (Fsp3) is 0.250. The summed E-state index contributed by atoms with van der Waals surface area (Å²) in [6, 6.07) is 16.7. The zero-order valence-corrected chi connectivity index (χ0v) is 18.2. The van der Waals surface area contributed by atoms with E-state index in [2.05, 4.69) is 15.5 Å². The van der Waals surface area contributed by atoms with Gasteiger partial charge in [-0.15, -0.1) is 11.3 Å². The van der Waals surface area contributed by atoms with Crippen molar-refractivity contribution in [2.24, 2.45) is 0 Å². The predicted octanol–water partition coefficient (Wildman–Crippen LogP) is 3.94. The van der Waals surface area contributed by atoms with Gasteiger partial charge in [0.2, 0.25) is 0 Å². The van der Waals surface area contributed by atoms with Gasteiger partial charge in [-0.25, -0.2) is 4.39 Å². The van der Waals surface area contributed by atoms with Crippen molar-refractivity contribution in [1.29, 1.82) is 0 Å². The fourth-order valence-electron chi connectivity index (χ4n) is 3.66. The van der Waals surface area contributed by atoms with E-state index in [4.69, 9.17) is 4.74 Å². The molecule has 6 nitrogen and oxygen atoms in total. The molecular formula is C24H24FN3O3S. The first kappa shape index (κ1) is 22.1. The van der Waals surface area contributed by atoms with Gasteiger partial charge in [0.1, 0.15) is 5.82 Å². The molecular weight excluding hydrogens is 429 g/mol. The maximum absolute atomic E-state index is 13.4. The molecule has 0 spiro atoms. The Hall–Kier alpha value is -3.07. The van der Waals surface area contributed by atoms with E-state index in [-0.39, 0.29) is 23.7 Å². The second-order valence-electron chi connectivity index (χ2n) is 7.44. The van der Waals surface area contributed by atoms with E-state index >= 15 is 0 Å². The summed E-state index contributed by atoms with van der Waals surface area (Å²) in [6.07, 6.45) is 0. The van der Waals surface area contributed by atoms with Gasteiger partial charge >= 0.3 is 0 Å². The first-order chi connectivity index (χ1) is 15.6. The van der Waals surface area contributed by atoms with Crippen LogP contribution in [-0.4, -0.2) is 49.6 Å². The highest BCUT2D eigenvalue weighted by atomic mass is 32.1. The molecule has 1 atom stereocenters. The number of ether oxygens (including phenoxy) is 1. The zero-order valence-electron chi connectivity index (χ0n) is 17.4. The van der Waals surface area contributed by atoms with Crippen LogP contribution in [0.5, 0.6) is 0 Å². The van der Waals surface area contributed by atoms with Gasteiger partial charge in [-0.05, 0) is 47.3 Å². The van der Waals surface area contributed by atoms with Crippen molar-refractivity contribution >= 4 is 28.8 Å². The number of thiophene rings is 1. The Balaban J connectivity index is 1.43. The van der Waals surface area contributed by atoms with Crippen LogP contribution in [0.3, 0.4) is 0 Å². The van der Waals surface area contributed by atoms with Gasteiger partial charge in [-0.3, -0.25) is 14.5 Å². The number of rotatable bonds is 7. The lowest BCUT2D eigenvalue weighted by Gasteiger charge is -2.35. The third-order valence-electron chi connectivity index (χ3n) is 5.32. The molecule has 1 saturated heterocycles. The van der Waals surface area contributed by atoms with Crippen molar-refractivity contribution in [1.82, 2.24) is 10.2 Å². The quantitative estimate of drug-likeness (QED) is 0.569. The van der Waals surface area contributed by atoms with Crippen LogP contribution in [0.4, 0.5) is 10.1 Å². The Morgan fingerprint density at radius 1 is 1.03 bits per heavy atom. The van der Waals surface area contributed by atoms with Gasteiger partial charge in [-0.2, -0.15) is 0 Å². The average Bonchev–Trinajstić information content (AvgIpc) is 3.36. The van der Waals surface area contributed by atoms with Gasteiger partial charge in [0.25, 0.3) is 11.8 Å². The van der Waals surface area contributed by atoms with E-state index in [1.165, 1.54) is 23.5 Å². The number of morpholine rings is 1. The molecule has 2 aromatic carbocycles. The SMILES string of the molecule is O=C(NC[C@H](c1ccc(F)cc1)N1CCOCC1)c1cccc(NC(=O)c2cccs2)c1. The Labute approximate surface area is 190 Å². The highest BCUT2D eigenvalue weighted by Gasteiger charge is 2.23. The normalized spacial score (nSPS) is 15.2. The molecule has 1 aliphatic rings. The minimum atomic E-state index is -0.292. The van der Waals surface area contributed by atoms with Gasteiger partial charge in [0.15, 0.2) is 0 Å². The van der Waals surface area contributed by atoms with Gasteiger partial charge in [-0.1, -0.05) is 24.3 Å². The molecule has 1 aliphatic heterocycles. The number of benzene rings is 2. The molecule has 3 aromatic rings. The standard InChI is InChI=1S/C24H24FN3O3S/c25-19-8-6-17(7-9-19)21(28-10-12-31-13-11-28)16-26-23(29)18-3-1-4-20(15-18)27-24(30)22-5-2-14-32-22/h1-9,14-15,21H,10-13,16H2,(H,26,29)(H,27,30)/t21-/m1/s1. The summed E-state index contributed by atoms with van der Waals surface area (Å²) in [7, 11) is 0. The van der Waals surface area contributed by atoms with Crippen molar-refractivity contribution in [3.05, 3.63) is 87.9 Å². The number of hydrogen-bond acceptors (Lipinski definition) is 5. The molecule has 0 bridgehead atoms. The molecule has 0 unspecified atom stereocenters. The van der Waals surface area contributed by atoms with Crippen LogP contribution in [0, 0.1) is 5.82 Å². The van der Waals surface area contributed by atoms with E-state index in [0.717, 1.165) is 18.7 Å². The molecule has 2 N–H and O–H groups in total. The van der Waals surface area contributed by atoms with Crippen LogP contribution in [-0.2, 0) is 4.74 Å². The Morgan fingerprint density at radius 2 is 1.81 bits per heavy atom. The van der Waals surface area contributed by atoms with Crippen molar-refractivity contribution < 1.29 is 18.7 Å². The molecule has 166 valence electrons. The molecule has 0 aliphatic carbocycles. The third-order valence-corrected chi connectivity index (χ3v) is 6.19. The molecule has 1 fully saturated rings. The van der Waals surface area contributed by atoms with Crippen LogP contribution in [0.1, 0.15) is 31.6 Å². The first-order valence-corrected chi connectivity index (χ1v) is 11.3. The van der Waals surface area contributed by atoms with Gasteiger partial charge in [0.05, 0.1) is 24.1 Å². The Bertz CT molecular complexity index is 1050. The Kier molecular flexibility index (Phi) is 7.26. The largest absolute Gasteiger partial charge is 0.379 e. The second kappa shape index (κ2) is 10.5. The molecule has 1 aromatic heterocycles. The zero-order chi connectivity index (χ0) is 22.3. The van der Waals surface area contributed by atoms with Crippen LogP contribution >= 0.6 is 11.3 Å². The van der Waals surface area contributed by atoms with Crippen LogP contribution in [0.25, 0.3) is 0 Å². The summed E-state index contributed by atoms with van der Waals surface area (Å²) in [5, 5.41) is 7.65. The monoisotopic (exact) mass is 453 g/mol. The molecule has 8 heteroatoms. The second-order valence-corrected chi connectivity index (χ2v) is 8.39. The Morgan fingerprint density at radius 3 is 2.53 bits per heavy atom. The number of amides is 2. The average molecular weight is 454 g/mol. The third kappa shape index (κ3) is 5.59. The molecule has 2 heterocycles. The minimum absolute atomic E-state index is 0.0924. The fourth-order valence-corrected chi connectivity index (χ4v) is 4.28. The van der Waals surface area contributed by atoms with Gasteiger partial charge < -0.3 is 15.4 Å². The molecule has 32 heavy (non-hydrogen) atoms. The summed E-state index contributed by atoms with van der Waals surface area (Å²) in [6.45, 7) is 3.09. The molecule has 0 radical (unpaired) electrons. The number of anilines is 1. The lowest BCUT2D eigenvalue weighted by atomic mass is 10.0. The number of halogens is 1. The number of nitrogens with zero attached hydrogens (tertiary/aromatic N) is 1. The first-order valence-electron chi connectivity index (χ1n) is 10.4. The molecule has 2 amide bonds. The van der Waals surface area contributed by atoms with E-state index in [9.17, 15) is 14.0 Å². The lowest BCUT2D eigenvalue weighted by molar-refractivity contribution is 0.0162. The van der Waals surface area contributed by atoms with Crippen molar-refractivity contribution in [3.63, 3.8) is 0 Å². The highest BCUT2D eigenvalue weighted by molar-refractivity contribution is 7.12. The number of nitrogens with one attached hydrogen (secondary N) is 2. The van der Waals surface area contributed by atoms with E-state index in [1.54, 1.807) is 42.5 Å². The number of hydrogen-bond donors (Lipinski definition) is 2. The van der Waals surface area contributed by atoms with Crippen molar-refractivity contribution in [3.8, 4) is 0 Å². The smallest absolute Gasteiger partial charge is 0.265 e. The van der Waals surface area contributed by atoms with Crippen molar-refractivity contribution in [2.75, 3.05) is 38.2 Å². The predicted molar refractivity (Wildman–Crippen MR) is 123 cm³/mol. The molecule has 0 saturated carbocycles. The summed E-state index contributed by atoms with van der Waals surface area (Å²) >= 11 is 1.36. The maximum atomic E-state index is 13.4. The maximum Gasteiger partial charge on any atom is 0.265 e. The van der Waals surface area contributed by atoms with Crippen LogP contribution in [0.15, 0.2) is 66.0 Å². The molecule has 4 rings (SSSR count). The summed E-state index contributed by atoms with van der Waals surface area (Å²) in [4.78, 5) is 28.0. The van der Waals surface area contributed by atoms with Gasteiger partial charge in [0, 0.05) is 30.9 Å². The number of carbonyl (C=O) groups excluding carboxylic acids is 2. The lowest BCUT2D eigenvalue weighted by Crippen LogP contribution is -2.43. The van der Waals surface area contributed by atoms with Crippen LogP contribution < -0.4 is 10.6 Å². The van der Waals surface area contributed by atoms with Crippen molar-refractivity contribution in [2.45, 2.75) is 6.04 Å². The number of carbonyl (C=O) groups is 2. The van der Waals surface area contributed by atoms with E-state index in [1.807, 2.05) is 11.4 Å². The summed E-state index contributed by atoms with van der Waals surface area (Å²) in [5.74, 6) is -0.737. The highest BCUT2D eigenvalue weighted by Crippen LogP contribution is 2.22.